The molecular weight excluding hydrogens is 584 g/mol. The highest BCUT2D eigenvalue weighted by Gasteiger charge is 2.45. The molecule has 0 N–H and O–H groups in total. The maximum absolute atomic E-state index is 13.5. The summed E-state index contributed by atoms with van der Waals surface area (Å²) in [4.78, 5) is 13.5. The Balaban J connectivity index is 1.27. The number of hydrogen-bond donors (Lipinski definition) is 0. The summed E-state index contributed by atoms with van der Waals surface area (Å²) >= 11 is 0. The average Bonchev–Trinajstić information content (AvgIpc) is 3.01. The van der Waals surface area contributed by atoms with Gasteiger partial charge < -0.3 is 28.1 Å². The zero-order valence-corrected chi connectivity index (χ0v) is 29.0. The quantitative estimate of drug-likeness (QED) is 0.237. The first-order valence-electron chi connectivity index (χ1n) is 17.0. The third kappa shape index (κ3) is 9.57. The molecule has 3 saturated heterocycles. The predicted octanol–water partition coefficient (Wildman–Crippen LogP) is 7.41. The molecule has 3 fully saturated rings. The zero-order valence-electron chi connectivity index (χ0n) is 28.0. The number of carbonyl (C=O) groups excluding carboxylic acids is 1. The van der Waals surface area contributed by atoms with Crippen LogP contribution >= 0.6 is 0 Å². The zero-order chi connectivity index (χ0) is 31.9. The van der Waals surface area contributed by atoms with E-state index in [0.717, 1.165) is 36.8 Å². The number of hydrogen-bond acceptors (Lipinski definition) is 7. The van der Waals surface area contributed by atoms with Crippen LogP contribution in [0.15, 0.2) is 60.7 Å². The summed E-state index contributed by atoms with van der Waals surface area (Å²) in [5.74, 6) is 0.156. The molecule has 7 atom stereocenters. The summed E-state index contributed by atoms with van der Waals surface area (Å²) in [7, 11) is -2.00. The van der Waals surface area contributed by atoms with Crippen molar-refractivity contribution in [3.8, 4) is 0 Å². The van der Waals surface area contributed by atoms with Crippen molar-refractivity contribution in [2.45, 2.75) is 140 Å². The molecule has 0 aliphatic carbocycles. The lowest BCUT2D eigenvalue weighted by atomic mass is 9.90. The standard InChI is InChI=1S/C37H54O7Si/c1-37(2,3)45(4,5)44-31-20-13-21-40-33(31)22-32-29(38)18-12-19-30-35(43-32)23-34(41-25-28-16-10-7-11-17-28)36(42-30)26-39-24-27-14-8-6-9-15-27/h6-11,14-17,30-36H,12-13,18-26H2,1-5H3/t30-,31-,32-,33+,34-,35+,36+/m0/s1. The van der Waals surface area contributed by atoms with Gasteiger partial charge in [-0.25, -0.2) is 0 Å². The Kier molecular flexibility index (Phi) is 12.1. The van der Waals surface area contributed by atoms with Crippen LogP contribution in [0.3, 0.4) is 0 Å². The number of Topliss-reactive ketones (excluding diaryl/α,β-unsaturated/α-hetero) is 1. The minimum absolute atomic E-state index is 0.0204. The minimum atomic E-state index is -2.00. The van der Waals surface area contributed by atoms with Crippen molar-refractivity contribution < 1.29 is 32.9 Å². The van der Waals surface area contributed by atoms with E-state index in [1.54, 1.807) is 0 Å². The number of ether oxygens (including phenoxy) is 5. The van der Waals surface area contributed by atoms with Crippen molar-refractivity contribution in [1.82, 2.24) is 0 Å². The largest absolute Gasteiger partial charge is 0.411 e. The van der Waals surface area contributed by atoms with Crippen molar-refractivity contribution in [1.29, 1.82) is 0 Å². The molecule has 2 aromatic carbocycles. The molecule has 3 aliphatic rings. The third-order valence-electron chi connectivity index (χ3n) is 10.0. The normalized spacial score (nSPS) is 29.9. The van der Waals surface area contributed by atoms with Crippen LogP contribution in [0.2, 0.25) is 18.1 Å². The second kappa shape index (κ2) is 15.8. The lowest BCUT2D eigenvalue weighted by Gasteiger charge is -2.45. The molecule has 3 aliphatic heterocycles. The highest BCUT2D eigenvalue weighted by Crippen LogP contribution is 2.40. The highest BCUT2D eigenvalue weighted by molar-refractivity contribution is 6.74. The van der Waals surface area contributed by atoms with Crippen LogP contribution in [-0.4, -0.2) is 70.0 Å². The van der Waals surface area contributed by atoms with Crippen LogP contribution in [0.25, 0.3) is 0 Å². The molecular formula is C37H54O7Si. The van der Waals surface area contributed by atoms with E-state index >= 15 is 0 Å². The minimum Gasteiger partial charge on any atom is -0.411 e. The fourth-order valence-corrected chi connectivity index (χ4v) is 7.72. The molecule has 0 spiro atoms. The van der Waals surface area contributed by atoms with Crippen LogP contribution < -0.4 is 0 Å². The summed E-state index contributed by atoms with van der Waals surface area (Å²) in [6.07, 6.45) is 3.60. The predicted molar refractivity (Wildman–Crippen MR) is 178 cm³/mol. The fraction of sp³-hybridized carbons (Fsp3) is 0.649. The van der Waals surface area contributed by atoms with Gasteiger partial charge in [0.15, 0.2) is 14.1 Å². The van der Waals surface area contributed by atoms with Crippen molar-refractivity contribution >= 4 is 14.1 Å². The lowest BCUT2D eigenvalue weighted by Crippen LogP contribution is -2.54. The molecule has 2 aromatic rings. The Morgan fingerprint density at radius 1 is 0.822 bits per heavy atom. The molecule has 8 heteroatoms. The van der Waals surface area contributed by atoms with Gasteiger partial charge in [0.2, 0.25) is 0 Å². The van der Waals surface area contributed by atoms with Gasteiger partial charge in [-0.2, -0.15) is 0 Å². The second-order valence-electron chi connectivity index (χ2n) is 14.5. The van der Waals surface area contributed by atoms with Gasteiger partial charge in [-0.3, -0.25) is 4.79 Å². The maximum atomic E-state index is 13.5. The van der Waals surface area contributed by atoms with Gasteiger partial charge in [0.25, 0.3) is 0 Å². The Hall–Kier alpha value is -1.91. The van der Waals surface area contributed by atoms with Crippen LogP contribution in [0.4, 0.5) is 0 Å². The Bertz CT molecular complexity index is 1180. The van der Waals surface area contributed by atoms with Crippen LogP contribution in [-0.2, 0) is 46.1 Å². The van der Waals surface area contributed by atoms with E-state index in [2.05, 4.69) is 58.1 Å². The molecule has 0 bridgehead atoms. The molecule has 7 nitrogen and oxygen atoms in total. The third-order valence-corrected chi connectivity index (χ3v) is 14.5. The molecule has 0 radical (unpaired) electrons. The number of carbonyl (C=O) groups is 1. The van der Waals surface area contributed by atoms with Crippen LogP contribution in [0, 0.1) is 0 Å². The Labute approximate surface area is 271 Å². The fourth-order valence-electron chi connectivity index (χ4n) is 6.34. The first kappa shape index (κ1) is 34.4. The van der Waals surface area contributed by atoms with E-state index in [1.165, 1.54) is 0 Å². The molecule has 0 aromatic heterocycles. The lowest BCUT2D eigenvalue weighted by molar-refractivity contribution is -0.228. The molecule has 0 amide bonds. The van der Waals surface area contributed by atoms with E-state index in [-0.39, 0.29) is 47.4 Å². The summed E-state index contributed by atoms with van der Waals surface area (Å²) in [6.45, 7) is 13.5. The molecule has 0 unspecified atom stereocenters. The van der Waals surface area contributed by atoms with E-state index in [9.17, 15) is 4.79 Å². The van der Waals surface area contributed by atoms with Gasteiger partial charge in [-0.15, -0.1) is 0 Å². The Morgan fingerprint density at radius 2 is 1.51 bits per heavy atom. The smallest absolute Gasteiger partial charge is 0.192 e. The number of benzene rings is 2. The van der Waals surface area contributed by atoms with Gasteiger partial charge >= 0.3 is 0 Å². The number of fused-ring (bicyclic) bond motifs is 1. The van der Waals surface area contributed by atoms with E-state index < -0.39 is 14.4 Å². The van der Waals surface area contributed by atoms with Crippen molar-refractivity contribution in [2.75, 3.05) is 13.2 Å². The van der Waals surface area contributed by atoms with Gasteiger partial charge in [0.1, 0.15) is 12.2 Å². The van der Waals surface area contributed by atoms with E-state index in [0.29, 0.717) is 45.7 Å². The summed E-state index contributed by atoms with van der Waals surface area (Å²) in [5.41, 5.74) is 2.24. The molecule has 248 valence electrons. The molecule has 0 saturated carbocycles. The highest BCUT2D eigenvalue weighted by atomic mass is 28.4. The molecule has 45 heavy (non-hydrogen) atoms. The number of ketones is 1. The van der Waals surface area contributed by atoms with E-state index in [4.69, 9.17) is 28.1 Å². The van der Waals surface area contributed by atoms with Crippen molar-refractivity contribution in [3.05, 3.63) is 71.8 Å². The monoisotopic (exact) mass is 638 g/mol. The van der Waals surface area contributed by atoms with Crippen LogP contribution in [0.1, 0.15) is 76.8 Å². The van der Waals surface area contributed by atoms with Gasteiger partial charge in [0.05, 0.1) is 50.3 Å². The summed E-state index contributed by atoms with van der Waals surface area (Å²) < 4.78 is 39.3. The van der Waals surface area contributed by atoms with Crippen molar-refractivity contribution in [3.63, 3.8) is 0 Å². The van der Waals surface area contributed by atoms with Crippen LogP contribution in [0.5, 0.6) is 0 Å². The first-order valence-corrected chi connectivity index (χ1v) is 19.9. The maximum Gasteiger partial charge on any atom is 0.192 e. The summed E-state index contributed by atoms with van der Waals surface area (Å²) in [6, 6.07) is 20.4. The van der Waals surface area contributed by atoms with Gasteiger partial charge in [-0.1, -0.05) is 81.4 Å². The first-order chi connectivity index (χ1) is 21.6. The number of rotatable bonds is 11. The topological polar surface area (TPSA) is 72.5 Å². The van der Waals surface area contributed by atoms with Crippen molar-refractivity contribution in [2.24, 2.45) is 0 Å². The van der Waals surface area contributed by atoms with Gasteiger partial charge in [-0.05, 0) is 54.9 Å². The Morgan fingerprint density at radius 3 is 2.20 bits per heavy atom. The summed E-state index contributed by atoms with van der Waals surface area (Å²) in [5, 5.41) is 0.102. The molecule has 3 heterocycles. The van der Waals surface area contributed by atoms with Gasteiger partial charge in [0, 0.05) is 25.9 Å². The molecule has 5 rings (SSSR count). The van der Waals surface area contributed by atoms with E-state index in [1.807, 2.05) is 36.4 Å². The second-order valence-corrected chi connectivity index (χ2v) is 19.3. The SMILES string of the molecule is CC(C)(C)[Si](C)(C)O[C@H]1CCCO[C@@H]1C[C@@H]1O[C@@H]2C[C@H](OCc3ccccc3)[C@@H](COCc3ccccc3)O[C@H]2CCCC1=O. The average molecular weight is 639 g/mol.